The first kappa shape index (κ1) is 26.9. The van der Waals surface area contributed by atoms with Crippen molar-refractivity contribution in [2.75, 3.05) is 0 Å². The molecule has 0 aliphatic carbocycles. The van der Waals surface area contributed by atoms with Crippen LogP contribution in [0.1, 0.15) is 81.8 Å². The second-order valence-corrected chi connectivity index (χ2v) is 11.0. The van der Waals surface area contributed by atoms with Gasteiger partial charge in [0.25, 0.3) is 0 Å². The molecule has 0 heterocycles. The van der Waals surface area contributed by atoms with E-state index in [1.807, 2.05) is 86.6 Å². The summed E-state index contributed by atoms with van der Waals surface area (Å²) >= 11 is 0. The Kier molecular flexibility index (Phi) is 7.03. The number of hydrogen-bond donors (Lipinski definition) is 2. The first-order chi connectivity index (χ1) is 17.9. The average Bonchev–Trinajstić information content (AvgIpc) is 2.89. The molecule has 0 aromatic heterocycles. The lowest BCUT2D eigenvalue weighted by molar-refractivity contribution is 0.0684. The predicted molar refractivity (Wildman–Crippen MR) is 152 cm³/mol. The summed E-state index contributed by atoms with van der Waals surface area (Å²) in [7, 11) is 0. The van der Waals surface area contributed by atoms with Gasteiger partial charge < -0.3 is 10.2 Å². The van der Waals surface area contributed by atoms with Gasteiger partial charge in [0.05, 0.1) is 11.1 Å². The molecule has 0 aliphatic rings. The standard InChI is InChI=1S/C34H34O4/c1-21-17-25(33(3,4)23-13-9-7-10-14-23)19-27(31(35)36)29(21)30-22(2)18-26(20-28(30)32(37)38)34(5,6)24-15-11-8-12-16-24/h7-20H,1-6H3,(H,35,36)(H,37,38). The van der Waals surface area contributed by atoms with Gasteiger partial charge in [0.15, 0.2) is 0 Å². The number of aromatic carboxylic acids is 2. The molecule has 0 amide bonds. The number of rotatable bonds is 7. The van der Waals surface area contributed by atoms with E-state index < -0.39 is 22.8 Å². The van der Waals surface area contributed by atoms with Crippen molar-refractivity contribution in [2.24, 2.45) is 0 Å². The first-order valence-corrected chi connectivity index (χ1v) is 12.7. The zero-order valence-corrected chi connectivity index (χ0v) is 22.8. The molecule has 0 unspecified atom stereocenters. The second kappa shape index (κ2) is 9.94. The maximum atomic E-state index is 12.6. The summed E-state index contributed by atoms with van der Waals surface area (Å²) < 4.78 is 0. The normalized spacial score (nSPS) is 11.8. The van der Waals surface area contributed by atoms with Crippen molar-refractivity contribution in [1.82, 2.24) is 0 Å². The molecule has 0 atom stereocenters. The van der Waals surface area contributed by atoms with Gasteiger partial charge in [-0.05, 0) is 59.4 Å². The molecule has 2 N–H and O–H groups in total. The smallest absolute Gasteiger partial charge is 0.336 e. The minimum atomic E-state index is -1.08. The van der Waals surface area contributed by atoms with Crippen molar-refractivity contribution < 1.29 is 19.8 Å². The minimum absolute atomic E-state index is 0.102. The number of hydrogen-bond acceptors (Lipinski definition) is 2. The van der Waals surface area contributed by atoms with Crippen LogP contribution in [0.3, 0.4) is 0 Å². The summed E-state index contributed by atoms with van der Waals surface area (Å²) in [6.07, 6.45) is 0. The molecule has 4 nitrogen and oxygen atoms in total. The van der Waals surface area contributed by atoms with Crippen molar-refractivity contribution in [2.45, 2.75) is 52.4 Å². The van der Waals surface area contributed by atoms with E-state index in [-0.39, 0.29) is 11.1 Å². The largest absolute Gasteiger partial charge is 0.478 e. The fourth-order valence-electron chi connectivity index (χ4n) is 5.34. The van der Waals surface area contributed by atoms with Crippen molar-refractivity contribution >= 4 is 11.9 Å². The van der Waals surface area contributed by atoms with E-state index in [0.29, 0.717) is 11.1 Å². The van der Waals surface area contributed by atoms with E-state index in [2.05, 4.69) is 27.7 Å². The third-order valence-corrected chi connectivity index (χ3v) is 7.82. The molecule has 38 heavy (non-hydrogen) atoms. The Labute approximate surface area is 224 Å². The van der Waals surface area contributed by atoms with Crippen molar-refractivity contribution in [3.8, 4) is 11.1 Å². The number of carboxylic acid groups (broad SMARTS) is 2. The Hall–Kier alpha value is -4.18. The fourth-order valence-corrected chi connectivity index (χ4v) is 5.34. The number of aryl methyl sites for hydroxylation is 2. The van der Waals surface area contributed by atoms with Gasteiger partial charge in [-0.1, -0.05) is 100 Å². The molecule has 4 heteroatoms. The van der Waals surface area contributed by atoms with Crippen LogP contribution < -0.4 is 0 Å². The summed E-state index contributed by atoms with van der Waals surface area (Å²) in [5.41, 5.74) is 5.53. The van der Waals surface area contributed by atoms with Crippen LogP contribution in [-0.4, -0.2) is 22.2 Å². The summed E-state index contributed by atoms with van der Waals surface area (Å²) in [6, 6.07) is 27.3. The Balaban J connectivity index is 1.96. The van der Waals surface area contributed by atoms with Gasteiger partial charge >= 0.3 is 11.9 Å². The van der Waals surface area contributed by atoms with Crippen molar-refractivity contribution in [3.05, 3.63) is 129 Å². The molecular weight excluding hydrogens is 472 g/mol. The topological polar surface area (TPSA) is 74.6 Å². The van der Waals surface area contributed by atoms with E-state index in [1.54, 1.807) is 12.1 Å². The molecule has 0 spiro atoms. The monoisotopic (exact) mass is 506 g/mol. The SMILES string of the molecule is Cc1cc(C(C)(C)c2ccccc2)cc(C(=O)O)c1-c1c(C)cc(C(C)(C)c2ccccc2)cc1C(=O)O. The lowest BCUT2D eigenvalue weighted by atomic mass is 9.74. The molecule has 4 rings (SSSR count). The molecular formula is C34H34O4. The maximum Gasteiger partial charge on any atom is 0.336 e. The molecule has 0 fully saturated rings. The molecule has 4 aromatic carbocycles. The lowest BCUT2D eigenvalue weighted by Gasteiger charge is -2.29. The van der Waals surface area contributed by atoms with Crippen LogP contribution in [0.4, 0.5) is 0 Å². The van der Waals surface area contributed by atoms with Gasteiger partial charge in [-0.2, -0.15) is 0 Å². The van der Waals surface area contributed by atoms with E-state index in [0.717, 1.165) is 33.4 Å². The minimum Gasteiger partial charge on any atom is -0.478 e. The van der Waals surface area contributed by atoms with E-state index in [9.17, 15) is 19.8 Å². The predicted octanol–water partition coefficient (Wildman–Crippen LogP) is 8.02. The fraction of sp³-hybridized carbons (Fsp3) is 0.235. The Morgan fingerprint density at radius 2 is 0.842 bits per heavy atom. The molecule has 0 aliphatic heterocycles. The third kappa shape index (κ3) is 4.74. The Morgan fingerprint density at radius 1 is 0.526 bits per heavy atom. The zero-order chi connectivity index (χ0) is 27.8. The van der Waals surface area contributed by atoms with Crippen LogP contribution in [0.2, 0.25) is 0 Å². The first-order valence-electron chi connectivity index (χ1n) is 12.7. The van der Waals surface area contributed by atoms with Crippen LogP contribution in [0.15, 0.2) is 84.9 Å². The van der Waals surface area contributed by atoms with E-state index in [4.69, 9.17) is 0 Å². The number of benzene rings is 4. The third-order valence-electron chi connectivity index (χ3n) is 7.82. The van der Waals surface area contributed by atoms with Gasteiger partial charge in [-0.25, -0.2) is 9.59 Å². The lowest BCUT2D eigenvalue weighted by Crippen LogP contribution is -2.21. The highest BCUT2D eigenvalue weighted by Gasteiger charge is 2.30. The van der Waals surface area contributed by atoms with Crippen molar-refractivity contribution in [1.29, 1.82) is 0 Å². The van der Waals surface area contributed by atoms with E-state index in [1.165, 1.54) is 0 Å². The highest BCUT2D eigenvalue weighted by molar-refractivity contribution is 6.04. The van der Waals surface area contributed by atoms with Gasteiger partial charge in [-0.3, -0.25) is 0 Å². The molecule has 194 valence electrons. The summed E-state index contributed by atoms with van der Waals surface area (Å²) in [5.74, 6) is -2.17. The van der Waals surface area contributed by atoms with Crippen LogP contribution in [0.5, 0.6) is 0 Å². The van der Waals surface area contributed by atoms with Crippen LogP contribution >= 0.6 is 0 Å². The summed E-state index contributed by atoms with van der Waals surface area (Å²) in [6.45, 7) is 12.0. The second-order valence-electron chi connectivity index (χ2n) is 11.0. The Morgan fingerprint density at radius 3 is 1.13 bits per heavy atom. The molecule has 0 bridgehead atoms. The maximum absolute atomic E-state index is 12.6. The molecule has 0 radical (unpaired) electrons. The zero-order valence-electron chi connectivity index (χ0n) is 22.8. The number of carboxylic acids is 2. The highest BCUT2D eigenvalue weighted by Crippen LogP contribution is 2.41. The van der Waals surface area contributed by atoms with Crippen LogP contribution in [-0.2, 0) is 10.8 Å². The highest BCUT2D eigenvalue weighted by atomic mass is 16.4. The summed E-state index contributed by atoms with van der Waals surface area (Å²) in [4.78, 5) is 25.2. The van der Waals surface area contributed by atoms with Crippen molar-refractivity contribution in [3.63, 3.8) is 0 Å². The average molecular weight is 507 g/mol. The molecule has 0 saturated heterocycles. The van der Waals surface area contributed by atoms with Gasteiger partial charge in [0.2, 0.25) is 0 Å². The Bertz CT molecular complexity index is 1400. The molecule has 4 aromatic rings. The van der Waals surface area contributed by atoms with Crippen LogP contribution in [0, 0.1) is 13.8 Å². The van der Waals surface area contributed by atoms with Gasteiger partial charge in [0, 0.05) is 22.0 Å². The van der Waals surface area contributed by atoms with Gasteiger partial charge in [-0.15, -0.1) is 0 Å². The number of carbonyl (C=O) groups is 2. The van der Waals surface area contributed by atoms with E-state index >= 15 is 0 Å². The quantitative estimate of drug-likeness (QED) is 0.266. The van der Waals surface area contributed by atoms with Crippen LogP contribution in [0.25, 0.3) is 11.1 Å². The summed E-state index contributed by atoms with van der Waals surface area (Å²) in [5, 5.41) is 20.6. The van der Waals surface area contributed by atoms with Gasteiger partial charge in [0.1, 0.15) is 0 Å². The molecule has 0 saturated carbocycles.